The van der Waals surface area contributed by atoms with E-state index < -0.39 is 0 Å². The van der Waals surface area contributed by atoms with Gasteiger partial charge in [-0.1, -0.05) is 6.92 Å². The van der Waals surface area contributed by atoms with Crippen molar-refractivity contribution >= 4 is 5.91 Å². The van der Waals surface area contributed by atoms with Crippen LogP contribution >= 0.6 is 0 Å². The van der Waals surface area contributed by atoms with E-state index in [1.54, 1.807) is 24.0 Å². The molecular weight excluding hydrogens is 192 g/mol. The van der Waals surface area contributed by atoms with E-state index in [9.17, 15) is 4.79 Å². The van der Waals surface area contributed by atoms with Crippen LogP contribution in [0, 0.1) is 5.92 Å². The molecule has 0 bridgehead atoms. The molecule has 2 atom stereocenters. The second-order valence-corrected chi connectivity index (χ2v) is 3.82. The van der Waals surface area contributed by atoms with Gasteiger partial charge in [-0.15, -0.1) is 0 Å². The highest BCUT2D eigenvalue weighted by molar-refractivity contribution is 5.92. The van der Waals surface area contributed by atoms with Gasteiger partial charge in [0.15, 0.2) is 0 Å². The molecule has 5 heteroatoms. The maximum Gasteiger partial charge on any atom is 0.269 e. The Morgan fingerprint density at radius 2 is 2.33 bits per heavy atom. The first kappa shape index (κ1) is 11.7. The molecule has 0 aliphatic rings. The van der Waals surface area contributed by atoms with Crippen LogP contribution in [-0.2, 0) is 7.05 Å². The van der Waals surface area contributed by atoms with Crippen LogP contribution in [0.1, 0.15) is 24.3 Å². The Bertz CT molecular complexity index is 334. The van der Waals surface area contributed by atoms with Crippen LogP contribution in [0.2, 0.25) is 0 Å². The van der Waals surface area contributed by atoms with Gasteiger partial charge in [0, 0.05) is 19.3 Å². The lowest BCUT2D eigenvalue weighted by molar-refractivity contribution is 0.0920. The van der Waals surface area contributed by atoms with Gasteiger partial charge in [-0.2, -0.15) is 5.10 Å². The summed E-state index contributed by atoms with van der Waals surface area (Å²) in [5, 5.41) is 6.84. The summed E-state index contributed by atoms with van der Waals surface area (Å²) in [5.74, 6) is 0.157. The Balaban J connectivity index is 2.60. The van der Waals surface area contributed by atoms with Crippen LogP contribution in [0.5, 0.6) is 0 Å². The average Bonchev–Trinajstić information content (AvgIpc) is 2.63. The highest BCUT2D eigenvalue weighted by atomic mass is 16.2. The molecule has 3 N–H and O–H groups in total. The van der Waals surface area contributed by atoms with Gasteiger partial charge in [-0.05, 0) is 25.5 Å². The van der Waals surface area contributed by atoms with Crippen LogP contribution in [-0.4, -0.2) is 28.3 Å². The van der Waals surface area contributed by atoms with E-state index in [0.29, 0.717) is 12.2 Å². The van der Waals surface area contributed by atoms with Crippen LogP contribution in [0.3, 0.4) is 0 Å². The summed E-state index contributed by atoms with van der Waals surface area (Å²) < 4.78 is 1.55. The summed E-state index contributed by atoms with van der Waals surface area (Å²) in [6.07, 6.45) is 1.60. The Labute approximate surface area is 89.6 Å². The largest absolute Gasteiger partial charge is 0.348 e. The Morgan fingerprint density at radius 1 is 1.67 bits per heavy atom. The fourth-order valence-corrected chi connectivity index (χ4v) is 1.22. The Morgan fingerprint density at radius 3 is 2.80 bits per heavy atom. The first-order chi connectivity index (χ1) is 7.06. The molecule has 0 radical (unpaired) electrons. The minimum absolute atomic E-state index is 0.0670. The van der Waals surface area contributed by atoms with Crippen molar-refractivity contribution in [2.75, 3.05) is 6.54 Å². The predicted molar refractivity (Wildman–Crippen MR) is 58.4 cm³/mol. The normalized spacial score (nSPS) is 14.7. The number of carbonyl (C=O) groups excluding carboxylic acids is 1. The molecule has 1 heterocycles. The Kier molecular flexibility index (Phi) is 3.85. The van der Waals surface area contributed by atoms with Gasteiger partial charge in [0.1, 0.15) is 5.69 Å². The number of amides is 1. The molecule has 5 nitrogen and oxygen atoms in total. The zero-order valence-electron chi connectivity index (χ0n) is 9.40. The third-order valence-electron chi connectivity index (χ3n) is 2.64. The highest BCUT2D eigenvalue weighted by Crippen LogP contribution is 2.02. The minimum atomic E-state index is -0.109. The minimum Gasteiger partial charge on any atom is -0.348 e. The number of aromatic nitrogens is 2. The Hall–Kier alpha value is -1.36. The standard InChI is InChI=1S/C10H18N4O/c1-7(6-11)8(2)13-10(15)9-4-5-12-14(9)3/h4-5,7-8H,6,11H2,1-3H3,(H,13,15). The fraction of sp³-hybridized carbons (Fsp3) is 0.600. The van der Waals surface area contributed by atoms with Crippen molar-refractivity contribution in [3.8, 4) is 0 Å². The van der Waals surface area contributed by atoms with Crippen LogP contribution < -0.4 is 11.1 Å². The molecular formula is C10H18N4O. The summed E-state index contributed by atoms with van der Waals surface area (Å²) in [4.78, 5) is 11.7. The zero-order valence-corrected chi connectivity index (χ0v) is 9.40. The molecule has 1 aromatic rings. The third kappa shape index (κ3) is 2.79. The summed E-state index contributed by atoms with van der Waals surface area (Å²) in [5.41, 5.74) is 6.09. The van der Waals surface area contributed by atoms with E-state index >= 15 is 0 Å². The lowest BCUT2D eigenvalue weighted by Gasteiger charge is -2.19. The molecule has 0 aromatic carbocycles. The first-order valence-electron chi connectivity index (χ1n) is 5.05. The average molecular weight is 210 g/mol. The molecule has 1 rings (SSSR count). The van der Waals surface area contributed by atoms with Crippen molar-refractivity contribution in [1.29, 1.82) is 0 Å². The summed E-state index contributed by atoms with van der Waals surface area (Å²) >= 11 is 0. The molecule has 0 fully saturated rings. The molecule has 84 valence electrons. The molecule has 1 aromatic heterocycles. The lowest BCUT2D eigenvalue weighted by atomic mass is 10.0. The number of nitrogens with one attached hydrogen (secondary N) is 1. The van der Waals surface area contributed by atoms with E-state index in [4.69, 9.17) is 5.73 Å². The third-order valence-corrected chi connectivity index (χ3v) is 2.64. The molecule has 0 spiro atoms. The molecule has 2 unspecified atom stereocenters. The van der Waals surface area contributed by atoms with E-state index in [1.165, 1.54) is 0 Å². The second-order valence-electron chi connectivity index (χ2n) is 3.82. The number of nitrogens with zero attached hydrogens (tertiary/aromatic N) is 2. The van der Waals surface area contributed by atoms with Gasteiger partial charge >= 0.3 is 0 Å². The number of aryl methyl sites for hydroxylation is 1. The molecule has 0 saturated heterocycles. The summed E-state index contributed by atoms with van der Waals surface area (Å²) in [7, 11) is 1.74. The van der Waals surface area contributed by atoms with Gasteiger partial charge in [0.2, 0.25) is 0 Å². The molecule has 15 heavy (non-hydrogen) atoms. The topological polar surface area (TPSA) is 72.9 Å². The van der Waals surface area contributed by atoms with Crippen molar-refractivity contribution in [3.63, 3.8) is 0 Å². The van der Waals surface area contributed by atoms with Gasteiger partial charge in [0.25, 0.3) is 5.91 Å². The molecule has 0 aliphatic heterocycles. The highest BCUT2D eigenvalue weighted by Gasteiger charge is 2.16. The molecule has 1 amide bonds. The van der Waals surface area contributed by atoms with Gasteiger partial charge in [-0.25, -0.2) is 0 Å². The van der Waals surface area contributed by atoms with E-state index in [2.05, 4.69) is 10.4 Å². The van der Waals surface area contributed by atoms with Crippen LogP contribution in [0.15, 0.2) is 12.3 Å². The van der Waals surface area contributed by atoms with Crippen molar-refractivity contribution < 1.29 is 4.79 Å². The van der Waals surface area contributed by atoms with Gasteiger partial charge < -0.3 is 11.1 Å². The predicted octanol–water partition coefficient (Wildman–Crippen LogP) is 0.133. The summed E-state index contributed by atoms with van der Waals surface area (Å²) in [6, 6.07) is 1.76. The molecule has 0 aliphatic carbocycles. The smallest absolute Gasteiger partial charge is 0.269 e. The second kappa shape index (κ2) is 4.93. The van der Waals surface area contributed by atoms with Crippen molar-refractivity contribution in [3.05, 3.63) is 18.0 Å². The van der Waals surface area contributed by atoms with Crippen molar-refractivity contribution in [2.24, 2.45) is 18.7 Å². The number of nitrogens with two attached hydrogens (primary N) is 1. The number of hydrogen-bond acceptors (Lipinski definition) is 3. The fourth-order valence-electron chi connectivity index (χ4n) is 1.22. The zero-order chi connectivity index (χ0) is 11.4. The van der Waals surface area contributed by atoms with Gasteiger partial charge in [-0.3, -0.25) is 9.48 Å². The van der Waals surface area contributed by atoms with Crippen molar-refractivity contribution in [2.45, 2.75) is 19.9 Å². The van der Waals surface area contributed by atoms with Crippen LogP contribution in [0.25, 0.3) is 0 Å². The maximum atomic E-state index is 11.7. The van der Waals surface area contributed by atoms with E-state index in [0.717, 1.165) is 0 Å². The quantitative estimate of drug-likeness (QED) is 0.742. The number of hydrogen-bond donors (Lipinski definition) is 2. The maximum absolute atomic E-state index is 11.7. The van der Waals surface area contributed by atoms with Crippen molar-refractivity contribution in [1.82, 2.24) is 15.1 Å². The SMILES string of the molecule is CC(CN)C(C)NC(=O)c1ccnn1C. The number of carbonyl (C=O) groups is 1. The number of rotatable bonds is 4. The van der Waals surface area contributed by atoms with E-state index in [-0.39, 0.29) is 17.9 Å². The van der Waals surface area contributed by atoms with Gasteiger partial charge in [0.05, 0.1) is 0 Å². The summed E-state index contributed by atoms with van der Waals surface area (Å²) in [6.45, 7) is 4.52. The first-order valence-corrected chi connectivity index (χ1v) is 5.05. The lowest BCUT2D eigenvalue weighted by Crippen LogP contribution is -2.40. The van der Waals surface area contributed by atoms with E-state index in [1.807, 2.05) is 13.8 Å². The monoisotopic (exact) mass is 210 g/mol. The van der Waals surface area contributed by atoms with Crippen LogP contribution in [0.4, 0.5) is 0 Å². The molecule has 0 saturated carbocycles.